The smallest absolute Gasteiger partial charge is 0.174 e. The van der Waals surface area contributed by atoms with Gasteiger partial charge in [-0.2, -0.15) is 16.1 Å². The molecule has 1 fully saturated rings. The van der Waals surface area contributed by atoms with Crippen molar-refractivity contribution < 1.29 is 0 Å². The van der Waals surface area contributed by atoms with Crippen molar-refractivity contribution >= 4 is 57.6 Å². The van der Waals surface area contributed by atoms with E-state index >= 15 is 0 Å². The van der Waals surface area contributed by atoms with E-state index < -0.39 is 0 Å². The van der Waals surface area contributed by atoms with Crippen LogP contribution in [0.25, 0.3) is 0 Å². The van der Waals surface area contributed by atoms with Crippen LogP contribution in [0.5, 0.6) is 0 Å². The monoisotopic (exact) mass is 358 g/mol. The molecule has 78 valence electrons. The van der Waals surface area contributed by atoms with E-state index in [1.54, 1.807) is 0 Å². The minimum atomic E-state index is 0.506. The Balaban J connectivity index is 2.06. The molecule has 2 rings (SSSR count). The largest absolute Gasteiger partial charge is 0.212 e. The zero-order valence-corrected chi connectivity index (χ0v) is 12.5. The second-order valence-corrected chi connectivity index (χ2v) is 8.77. The molecule has 3 unspecified atom stereocenters. The highest BCUT2D eigenvalue weighted by molar-refractivity contribution is 14.1. The van der Waals surface area contributed by atoms with Crippen molar-refractivity contribution in [3.05, 3.63) is 8.84 Å². The normalized spacial score (nSPS) is 33.2. The Labute approximate surface area is 110 Å². The van der Waals surface area contributed by atoms with Gasteiger partial charge in [0, 0.05) is 16.3 Å². The fraction of sp³-hybridized carbons (Fsp3) is 0.750. The van der Waals surface area contributed by atoms with Crippen molar-refractivity contribution in [2.45, 2.75) is 29.6 Å². The molecule has 2 heterocycles. The summed E-state index contributed by atoms with van der Waals surface area (Å²) in [4.78, 5) is 4.45. The summed E-state index contributed by atoms with van der Waals surface area (Å²) in [5.74, 6) is 2.19. The predicted molar refractivity (Wildman–Crippen MR) is 74.3 cm³/mol. The molecule has 1 aromatic heterocycles. The molecule has 0 radical (unpaired) electrons. The number of thioether (sulfide) groups is 2. The maximum atomic E-state index is 4.45. The lowest BCUT2D eigenvalue weighted by molar-refractivity contribution is 0.873. The van der Waals surface area contributed by atoms with Crippen LogP contribution in [0.4, 0.5) is 0 Å². The molecule has 1 aromatic rings. The summed E-state index contributed by atoms with van der Waals surface area (Å²) in [6.45, 7) is 4.60. The molecular weight excluding hydrogens is 347 g/mol. The van der Waals surface area contributed by atoms with Crippen molar-refractivity contribution in [2.24, 2.45) is 0 Å². The second-order valence-electron chi connectivity index (χ2n) is 3.27. The van der Waals surface area contributed by atoms with Gasteiger partial charge in [-0.3, -0.25) is 0 Å². The fourth-order valence-electron chi connectivity index (χ4n) is 1.27. The van der Waals surface area contributed by atoms with Gasteiger partial charge in [-0.25, -0.2) is 4.98 Å². The molecule has 6 heteroatoms. The lowest BCUT2D eigenvalue weighted by atomic mass is 10.4. The third-order valence-corrected chi connectivity index (χ3v) is 6.99. The fourth-order valence-corrected chi connectivity index (χ4v) is 5.19. The van der Waals surface area contributed by atoms with Crippen molar-refractivity contribution in [2.75, 3.05) is 5.75 Å². The van der Waals surface area contributed by atoms with Gasteiger partial charge in [-0.15, -0.1) is 11.8 Å². The van der Waals surface area contributed by atoms with Gasteiger partial charge in [0.25, 0.3) is 0 Å². The van der Waals surface area contributed by atoms with Crippen LogP contribution in [0.15, 0.2) is 0 Å². The van der Waals surface area contributed by atoms with E-state index in [0.717, 1.165) is 19.8 Å². The van der Waals surface area contributed by atoms with Gasteiger partial charge in [-0.05, 0) is 34.1 Å². The highest BCUT2D eigenvalue weighted by Crippen LogP contribution is 2.43. The van der Waals surface area contributed by atoms with E-state index in [0.29, 0.717) is 10.5 Å². The Morgan fingerprint density at radius 2 is 2.14 bits per heavy atom. The molecule has 0 bridgehead atoms. The molecule has 0 saturated carbocycles. The van der Waals surface area contributed by atoms with Gasteiger partial charge in [0.15, 0.2) is 8.84 Å². The molecule has 0 spiro atoms. The average molecular weight is 358 g/mol. The standard InChI is InChI=1S/C8H11IN2S3/c1-4-5(2)13-6(3-12-4)7-10-8(9)14-11-7/h4-6H,3H2,1-2H3. The van der Waals surface area contributed by atoms with Crippen molar-refractivity contribution in [3.63, 3.8) is 0 Å². The summed E-state index contributed by atoms with van der Waals surface area (Å²) in [7, 11) is 0. The van der Waals surface area contributed by atoms with Crippen LogP contribution in [0.3, 0.4) is 0 Å². The number of halogens is 1. The first kappa shape index (κ1) is 11.5. The second kappa shape index (κ2) is 4.88. The zero-order valence-electron chi connectivity index (χ0n) is 7.94. The number of nitrogens with zero attached hydrogens (tertiary/aromatic N) is 2. The molecule has 1 aliphatic heterocycles. The maximum absolute atomic E-state index is 4.45. The number of hydrogen-bond acceptors (Lipinski definition) is 5. The molecular formula is C8H11IN2S3. The topological polar surface area (TPSA) is 25.8 Å². The Kier molecular flexibility index (Phi) is 4.00. The zero-order chi connectivity index (χ0) is 10.1. The Hall–Kier alpha value is 0.990. The highest BCUT2D eigenvalue weighted by atomic mass is 127. The van der Waals surface area contributed by atoms with Gasteiger partial charge >= 0.3 is 0 Å². The Bertz CT molecular complexity index is 317. The van der Waals surface area contributed by atoms with Gasteiger partial charge < -0.3 is 0 Å². The van der Waals surface area contributed by atoms with Crippen molar-refractivity contribution in [1.82, 2.24) is 9.36 Å². The average Bonchev–Trinajstić information content (AvgIpc) is 2.57. The van der Waals surface area contributed by atoms with Crippen LogP contribution in [0, 0.1) is 3.01 Å². The van der Waals surface area contributed by atoms with Crippen molar-refractivity contribution in [1.29, 1.82) is 0 Å². The van der Waals surface area contributed by atoms with Gasteiger partial charge in [0.2, 0.25) is 0 Å². The van der Waals surface area contributed by atoms with Gasteiger partial charge in [0.1, 0.15) is 0 Å². The number of hydrogen-bond donors (Lipinski definition) is 0. The van der Waals surface area contributed by atoms with Gasteiger partial charge in [-0.1, -0.05) is 13.8 Å². The van der Waals surface area contributed by atoms with Gasteiger partial charge in [0.05, 0.1) is 5.25 Å². The van der Waals surface area contributed by atoms with Crippen molar-refractivity contribution in [3.8, 4) is 0 Å². The summed E-state index contributed by atoms with van der Waals surface area (Å²) in [6.07, 6.45) is 0. The summed E-state index contributed by atoms with van der Waals surface area (Å²) >= 11 is 7.80. The van der Waals surface area contributed by atoms with Crippen LogP contribution >= 0.6 is 57.6 Å². The van der Waals surface area contributed by atoms with E-state index in [-0.39, 0.29) is 0 Å². The van der Waals surface area contributed by atoms with Crippen LogP contribution in [-0.2, 0) is 0 Å². The number of rotatable bonds is 1. The van der Waals surface area contributed by atoms with E-state index in [1.807, 2.05) is 23.5 Å². The van der Waals surface area contributed by atoms with Crippen LogP contribution in [-0.4, -0.2) is 25.6 Å². The first-order chi connectivity index (χ1) is 6.66. The first-order valence-corrected chi connectivity index (χ1v) is 8.27. The number of aromatic nitrogens is 2. The van der Waals surface area contributed by atoms with E-state index in [1.165, 1.54) is 11.5 Å². The molecule has 3 atom stereocenters. The Morgan fingerprint density at radius 3 is 2.71 bits per heavy atom. The molecule has 1 aliphatic rings. The summed E-state index contributed by atoms with van der Waals surface area (Å²) in [5, 5.41) is 1.97. The minimum Gasteiger partial charge on any atom is -0.212 e. The Morgan fingerprint density at radius 1 is 1.36 bits per heavy atom. The predicted octanol–water partition coefficient (Wildman–Crippen LogP) is 3.44. The SMILES string of the molecule is CC1SCC(c2nsc(I)n2)SC1C. The summed E-state index contributed by atoms with van der Waals surface area (Å²) < 4.78 is 5.44. The molecule has 0 aliphatic carbocycles. The maximum Gasteiger partial charge on any atom is 0.174 e. The third-order valence-electron chi connectivity index (χ3n) is 2.26. The molecule has 0 N–H and O–H groups in total. The van der Waals surface area contributed by atoms with E-state index in [9.17, 15) is 0 Å². The lowest BCUT2D eigenvalue weighted by Crippen LogP contribution is -2.22. The van der Waals surface area contributed by atoms with Crippen LogP contribution in [0.1, 0.15) is 24.9 Å². The third kappa shape index (κ3) is 2.56. The molecule has 0 aromatic carbocycles. The van der Waals surface area contributed by atoms with E-state index in [4.69, 9.17) is 0 Å². The highest BCUT2D eigenvalue weighted by Gasteiger charge is 2.28. The molecule has 0 amide bonds. The lowest BCUT2D eigenvalue weighted by Gasteiger charge is -2.29. The molecule has 14 heavy (non-hydrogen) atoms. The van der Waals surface area contributed by atoms with Crippen LogP contribution < -0.4 is 0 Å². The van der Waals surface area contributed by atoms with E-state index in [2.05, 4.69) is 45.8 Å². The minimum absolute atomic E-state index is 0.506. The van der Waals surface area contributed by atoms with Crippen LogP contribution in [0.2, 0.25) is 0 Å². The summed E-state index contributed by atoms with van der Waals surface area (Å²) in [5.41, 5.74) is 0. The quantitative estimate of drug-likeness (QED) is 0.719. The molecule has 1 saturated heterocycles. The summed E-state index contributed by atoms with van der Waals surface area (Å²) in [6, 6.07) is 0. The molecule has 2 nitrogen and oxygen atoms in total. The first-order valence-electron chi connectivity index (χ1n) is 4.43.